The van der Waals surface area contributed by atoms with Gasteiger partial charge in [-0.1, -0.05) is 35.9 Å². The highest BCUT2D eigenvalue weighted by molar-refractivity contribution is 6.31. The van der Waals surface area contributed by atoms with E-state index in [2.05, 4.69) is 10.3 Å². The number of anilines is 2. The summed E-state index contributed by atoms with van der Waals surface area (Å²) in [7, 11) is 1.67. The number of halogens is 1. The van der Waals surface area contributed by atoms with Crippen molar-refractivity contribution < 1.29 is 9.59 Å². The van der Waals surface area contributed by atoms with Crippen molar-refractivity contribution in [3.63, 3.8) is 0 Å². The second kappa shape index (κ2) is 8.01. The molecule has 2 aromatic carbocycles. The van der Waals surface area contributed by atoms with Gasteiger partial charge < -0.3 is 10.2 Å². The predicted molar refractivity (Wildman–Crippen MR) is 108 cm³/mol. The summed E-state index contributed by atoms with van der Waals surface area (Å²) in [6, 6.07) is 17.6. The molecule has 0 unspecified atom stereocenters. The number of hydrogen-bond donors (Lipinski definition) is 1. The van der Waals surface area contributed by atoms with Crippen LogP contribution in [0.3, 0.4) is 0 Å². The Morgan fingerprint density at radius 2 is 1.78 bits per heavy atom. The Hall–Kier alpha value is -3.18. The van der Waals surface area contributed by atoms with E-state index < -0.39 is 0 Å². The number of para-hydroxylation sites is 1. The number of hydrogen-bond acceptors (Lipinski definition) is 3. The van der Waals surface area contributed by atoms with E-state index in [4.69, 9.17) is 11.6 Å². The van der Waals surface area contributed by atoms with E-state index in [-0.39, 0.29) is 17.5 Å². The molecule has 3 rings (SSSR count). The Bertz CT molecular complexity index is 990. The number of amides is 2. The Labute approximate surface area is 162 Å². The lowest BCUT2D eigenvalue weighted by Gasteiger charge is -2.17. The van der Waals surface area contributed by atoms with Crippen LogP contribution >= 0.6 is 11.6 Å². The Kier molecular flexibility index (Phi) is 5.52. The predicted octanol–water partition coefficient (Wildman–Crippen LogP) is 4.57. The zero-order chi connectivity index (χ0) is 19.4. The number of aromatic nitrogens is 1. The maximum absolute atomic E-state index is 12.7. The second-order valence-electron chi connectivity index (χ2n) is 6.04. The fourth-order valence-electron chi connectivity index (χ4n) is 2.55. The van der Waals surface area contributed by atoms with Crippen LogP contribution in [-0.4, -0.2) is 23.8 Å². The number of benzene rings is 2. The molecule has 3 aromatic rings. The lowest BCUT2D eigenvalue weighted by Crippen LogP contribution is -2.27. The Balaban J connectivity index is 1.81. The number of pyridine rings is 1. The van der Waals surface area contributed by atoms with Crippen LogP contribution in [0.2, 0.25) is 5.02 Å². The minimum absolute atomic E-state index is 0.191. The van der Waals surface area contributed by atoms with Crippen molar-refractivity contribution in [3.05, 3.63) is 88.7 Å². The second-order valence-corrected chi connectivity index (χ2v) is 6.48. The summed E-state index contributed by atoms with van der Waals surface area (Å²) in [4.78, 5) is 30.9. The Morgan fingerprint density at radius 1 is 1.04 bits per heavy atom. The van der Waals surface area contributed by atoms with Gasteiger partial charge in [0.15, 0.2) is 0 Å². The molecular weight excluding hydrogens is 362 g/mol. The maximum atomic E-state index is 12.7. The molecule has 6 heteroatoms. The first-order valence-electron chi connectivity index (χ1n) is 8.32. The lowest BCUT2D eigenvalue weighted by atomic mass is 10.1. The van der Waals surface area contributed by atoms with Crippen LogP contribution < -0.4 is 10.2 Å². The lowest BCUT2D eigenvalue weighted by molar-refractivity contribution is 0.0988. The van der Waals surface area contributed by atoms with Crippen LogP contribution in [0.1, 0.15) is 26.4 Å². The topological polar surface area (TPSA) is 62.3 Å². The van der Waals surface area contributed by atoms with Gasteiger partial charge in [-0.3, -0.25) is 14.6 Å². The number of nitrogens with one attached hydrogen (secondary N) is 1. The van der Waals surface area contributed by atoms with Crippen LogP contribution in [0.25, 0.3) is 0 Å². The average Bonchev–Trinajstić information content (AvgIpc) is 2.70. The molecule has 0 fully saturated rings. The van der Waals surface area contributed by atoms with Crippen LogP contribution in [0.5, 0.6) is 0 Å². The molecule has 0 atom stereocenters. The van der Waals surface area contributed by atoms with E-state index >= 15 is 0 Å². The third kappa shape index (κ3) is 4.33. The summed E-state index contributed by atoms with van der Waals surface area (Å²) in [6.45, 7) is 1.88. The van der Waals surface area contributed by atoms with Crippen LogP contribution in [0.4, 0.5) is 11.4 Å². The highest BCUT2D eigenvalue weighted by Gasteiger charge is 2.17. The third-order valence-electron chi connectivity index (χ3n) is 4.14. The van der Waals surface area contributed by atoms with Gasteiger partial charge in [0.2, 0.25) is 0 Å². The maximum Gasteiger partial charge on any atom is 0.276 e. The highest BCUT2D eigenvalue weighted by atomic mass is 35.5. The number of carbonyl (C=O) groups is 2. The quantitative estimate of drug-likeness (QED) is 0.722. The van der Waals surface area contributed by atoms with Gasteiger partial charge in [0.1, 0.15) is 5.69 Å². The number of nitrogens with zero attached hydrogens (tertiary/aromatic N) is 2. The monoisotopic (exact) mass is 379 g/mol. The van der Waals surface area contributed by atoms with Gasteiger partial charge >= 0.3 is 0 Å². The zero-order valence-corrected chi connectivity index (χ0v) is 15.7. The van der Waals surface area contributed by atoms with Crippen molar-refractivity contribution in [3.8, 4) is 0 Å². The molecule has 1 aromatic heterocycles. The molecule has 2 amide bonds. The fraction of sp³-hybridized carbons (Fsp3) is 0.0952. The highest BCUT2D eigenvalue weighted by Crippen LogP contribution is 2.21. The van der Waals surface area contributed by atoms with Gasteiger partial charge in [0.25, 0.3) is 11.8 Å². The van der Waals surface area contributed by atoms with Crippen molar-refractivity contribution in [1.82, 2.24) is 4.98 Å². The molecule has 1 heterocycles. The Morgan fingerprint density at radius 3 is 2.52 bits per heavy atom. The molecule has 0 radical (unpaired) electrons. The number of aryl methyl sites for hydroxylation is 1. The van der Waals surface area contributed by atoms with Crippen LogP contribution in [-0.2, 0) is 0 Å². The molecule has 0 saturated heterocycles. The number of carbonyl (C=O) groups excluding carboxylic acids is 2. The van der Waals surface area contributed by atoms with Crippen molar-refractivity contribution in [2.75, 3.05) is 17.3 Å². The first kappa shape index (κ1) is 18.6. The van der Waals surface area contributed by atoms with Crippen molar-refractivity contribution in [2.24, 2.45) is 0 Å². The van der Waals surface area contributed by atoms with E-state index in [9.17, 15) is 9.59 Å². The molecule has 0 aliphatic carbocycles. The van der Waals surface area contributed by atoms with Gasteiger partial charge in [-0.25, -0.2) is 0 Å². The standard InChI is InChI=1S/C21H18ClN3O2/c1-14-8-9-16(22)13-18(14)24-20(26)15-10-11-23-19(12-15)21(27)25(2)17-6-4-3-5-7-17/h3-13H,1-2H3,(H,24,26). The molecule has 136 valence electrons. The average molecular weight is 380 g/mol. The van der Waals surface area contributed by atoms with Crippen molar-refractivity contribution in [2.45, 2.75) is 6.92 Å². The molecule has 0 saturated carbocycles. The first-order chi connectivity index (χ1) is 13.0. The third-order valence-corrected chi connectivity index (χ3v) is 4.37. The summed E-state index contributed by atoms with van der Waals surface area (Å²) in [5.41, 5.74) is 2.79. The van der Waals surface area contributed by atoms with Gasteiger partial charge in [0, 0.05) is 35.2 Å². The summed E-state index contributed by atoms with van der Waals surface area (Å²) in [6.07, 6.45) is 1.45. The molecule has 0 aliphatic heterocycles. The van der Waals surface area contributed by atoms with Crippen molar-refractivity contribution >= 4 is 34.8 Å². The summed E-state index contributed by atoms with van der Waals surface area (Å²) in [5, 5.41) is 3.35. The molecular formula is C21H18ClN3O2. The zero-order valence-electron chi connectivity index (χ0n) is 14.9. The summed E-state index contributed by atoms with van der Waals surface area (Å²) < 4.78 is 0. The van der Waals surface area contributed by atoms with Crippen LogP contribution in [0, 0.1) is 6.92 Å². The van der Waals surface area contributed by atoms with Crippen LogP contribution in [0.15, 0.2) is 66.9 Å². The minimum atomic E-state index is -0.334. The largest absolute Gasteiger partial charge is 0.322 e. The molecule has 0 aliphatic rings. The minimum Gasteiger partial charge on any atom is -0.322 e. The normalized spacial score (nSPS) is 10.3. The number of rotatable bonds is 4. The van der Waals surface area contributed by atoms with E-state index in [1.165, 1.54) is 17.2 Å². The van der Waals surface area contributed by atoms with E-state index in [1.54, 1.807) is 25.2 Å². The first-order valence-corrected chi connectivity index (χ1v) is 8.70. The van der Waals surface area contributed by atoms with Crippen molar-refractivity contribution in [1.29, 1.82) is 0 Å². The molecule has 1 N–H and O–H groups in total. The molecule has 5 nitrogen and oxygen atoms in total. The van der Waals surface area contributed by atoms with Gasteiger partial charge in [-0.2, -0.15) is 0 Å². The summed E-state index contributed by atoms with van der Waals surface area (Å²) in [5.74, 6) is -0.631. The van der Waals surface area contributed by atoms with Gasteiger partial charge in [0.05, 0.1) is 0 Å². The SMILES string of the molecule is Cc1ccc(Cl)cc1NC(=O)c1ccnc(C(=O)N(C)c2ccccc2)c1. The molecule has 27 heavy (non-hydrogen) atoms. The van der Waals surface area contributed by atoms with E-state index in [1.807, 2.05) is 43.3 Å². The fourth-order valence-corrected chi connectivity index (χ4v) is 2.72. The van der Waals surface area contributed by atoms with Gasteiger partial charge in [-0.15, -0.1) is 0 Å². The van der Waals surface area contributed by atoms with E-state index in [0.717, 1.165) is 11.3 Å². The molecule has 0 spiro atoms. The summed E-state index contributed by atoms with van der Waals surface area (Å²) >= 11 is 5.99. The smallest absolute Gasteiger partial charge is 0.276 e. The molecule has 0 bridgehead atoms. The van der Waals surface area contributed by atoms with E-state index in [0.29, 0.717) is 16.3 Å². The van der Waals surface area contributed by atoms with Gasteiger partial charge in [-0.05, 0) is 48.9 Å².